The Balaban J connectivity index is 0.000000980. The molecule has 1 radical (unpaired) electrons. The molecule has 0 fully saturated rings. The second-order valence-corrected chi connectivity index (χ2v) is 2.98. The predicted octanol–water partition coefficient (Wildman–Crippen LogP) is 2.67. The van der Waals surface area contributed by atoms with Crippen LogP contribution in [-0.2, 0) is 26.5 Å². The number of aromatic nitrogens is 1. The van der Waals surface area contributed by atoms with Gasteiger partial charge in [0.05, 0.1) is 0 Å². The summed E-state index contributed by atoms with van der Waals surface area (Å²) in [5.41, 5.74) is 2.43. The third kappa shape index (κ3) is 3.06. The Hall–Kier alpha value is -0.981. The minimum absolute atomic E-state index is 0. The summed E-state index contributed by atoms with van der Waals surface area (Å²) in [5.74, 6) is 0. The normalized spacial score (nSPS) is 9.14. The molecule has 0 aliphatic rings. The minimum atomic E-state index is 0. The summed E-state index contributed by atoms with van der Waals surface area (Å²) in [6, 6.07) is 16.4. The Labute approximate surface area is 97.6 Å². The van der Waals surface area contributed by atoms with Gasteiger partial charge in [-0.3, -0.25) is 4.98 Å². The molecule has 0 saturated heterocycles. The summed E-state index contributed by atoms with van der Waals surface area (Å²) in [4.78, 5) is 4.27. The molecule has 2 heteroatoms. The molecule has 0 saturated carbocycles. The monoisotopic (exact) mass is 362 g/mol. The zero-order valence-electron chi connectivity index (χ0n) is 7.68. The van der Waals surface area contributed by atoms with Gasteiger partial charge in [0.25, 0.3) is 0 Å². The van der Waals surface area contributed by atoms with E-state index in [-0.39, 0.29) is 20.1 Å². The minimum Gasteiger partial charge on any atom is -0.261 e. The molecular formula is C12H11IrN. The molecule has 1 heterocycles. The van der Waals surface area contributed by atoms with Crippen molar-refractivity contribution in [3.8, 4) is 0 Å². The maximum Gasteiger partial charge on any atom is 0.0447 e. The molecule has 0 N–H and O–H groups in total. The van der Waals surface area contributed by atoms with Crippen molar-refractivity contribution in [2.24, 2.45) is 0 Å². The van der Waals surface area contributed by atoms with Crippen LogP contribution in [0.4, 0.5) is 0 Å². The van der Waals surface area contributed by atoms with Crippen molar-refractivity contribution in [2.75, 3.05) is 0 Å². The number of hydrogen-bond acceptors (Lipinski definition) is 1. The van der Waals surface area contributed by atoms with Gasteiger partial charge in [-0.25, -0.2) is 0 Å². The van der Waals surface area contributed by atoms with Crippen LogP contribution >= 0.6 is 0 Å². The molecule has 0 aliphatic heterocycles. The van der Waals surface area contributed by atoms with E-state index in [0.29, 0.717) is 0 Å². The summed E-state index contributed by atoms with van der Waals surface area (Å²) in [6.45, 7) is 0. The molecular weight excluding hydrogens is 350 g/mol. The van der Waals surface area contributed by atoms with E-state index in [0.717, 1.165) is 12.1 Å². The van der Waals surface area contributed by atoms with Gasteiger partial charge in [-0.2, -0.15) is 0 Å². The largest absolute Gasteiger partial charge is 0.261 e. The van der Waals surface area contributed by atoms with Crippen molar-refractivity contribution in [3.63, 3.8) is 0 Å². The van der Waals surface area contributed by atoms with Gasteiger partial charge < -0.3 is 0 Å². The molecule has 0 amide bonds. The molecule has 14 heavy (non-hydrogen) atoms. The molecule has 1 aromatic heterocycles. The molecule has 1 aromatic carbocycles. The van der Waals surface area contributed by atoms with E-state index < -0.39 is 0 Å². The third-order valence-electron chi connectivity index (χ3n) is 1.95. The van der Waals surface area contributed by atoms with E-state index >= 15 is 0 Å². The van der Waals surface area contributed by atoms with Crippen LogP contribution in [0.1, 0.15) is 11.3 Å². The molecule has 0 unspecified atom stereocenters. The van der Waals surface area contributed by atoms with E-state index in [9.17, 15) is 0 Å². The van der Waals surface area contributed by atoms with Gasteiger partial charge in [-0.05, 0) is 17.7 Å². The van der Waals surface area contributed by atoms with Crippen molar-refractivity contribution >= 4 is 0 Å². The van der Waals surface area contributed by atoms with Gasteiger partial charge in [-0.1, -0.05) is 36.4 Å². The summed E-state index contributed by atoms with van der Waals surface area (Å²) < 4.78 is 0. The standard InChI is InChI=1S/C12H11N.Ir/c1-2-6-11(7-3-1)10-12-8-4-5-9-13-12;/h1-9H,10H2;. The second-order valence-electron chi connectivity index (χ2n) is 2.98. The van der Waals surface area contributed by atoms with Crippen LogP contribution in [0.3, 0.4) is 0 Å². The van der Waals surface area contributed by atoms with Crippen LogP contribution in [0.25, 0.3) is 0 Å². The zero-order valence-corrected chi connectivity index (χ0v) is 10.1. The van der Waals surface area contributed by atoms with Crippen LogP contribution in [0.2, 0.25) is 0 Å². The van der Waals surface area contributed by atoms with Crippen molar-refractivity contribution in [1.82, 2.24) is 4.98 Å². The summed E-state index contributed by atoms with van der Waals surface area (Å²) in [7, 11) is 0. The summed E-state index contributed by atoms with van der Waals surface area (Å²) >= 11 is 0. The Morgan fingerprint density at radius 3 is 2.21 bits per heavy atom. The quantitative estimate of drug-likeness (QED) is 0.802. The SMILES string of the molecule is [Ir].c1ccc(Cc2ccccn2)cc1. The van der Waals surface area contributed by atoms with Gasteiger partial charge in [0.15, 0.2) is 0 Å². The fourth-order valence-corrected chi connectivity index (χ4v) is 1.31. The van der Waals surface area contributed by atoms with E-state index in [1.807, 2.05) is 30.5 Å². The molecule has 2 rings (SSSR count). The van der Waals surface area contributed by atoms with Crippen LogP contribution < -0.4 is 0 Å². The van der Waals surface area contributed by atoms with E-state index in [2.05, 4.69) is 29.2 Å². The first-order valence-electron chi connectivity index (χ1n) is 4.39. The van der Waals surface area contributed by atoms with Gasteiger partial charge >= 0.3 is 0 Å². The second kappa shape index (κ2) is 5.69. The molecule has 73 valence electrons. The van der Waals surface area contributed by atoms with Crippen molar-refractivity contribution in [2.45, 2.75) is 6.42 Å². The van der Waals surface area contributed by atoms with E-state index in [1.165, 1.54) is 5.56 Å². The van der Waals surface area contributed by atoms with Crippen LogP contribution in [-0.4, -0.2) is 4.98 Å². The number of pyridine rings is 1. The predicted molar refractivity (Wildman–Crippen MR) is 53.5 cm³/mol. The smallest absolute Gasteiger partial charge is 0.0447 e. The summed E-state index contributed by atoms with van der Waals surface area (Å²) in [5, 5.41) is 0. The number of benzene rings is 1. The molecule has 0 atom stereocenters. The van der Waals surface area contributed by atoms with Gasteiger partial charge in [0.2, 0.25) is 0 Å². The number of rotatable bonds is 2. The molecule has 2 aromatic rings. The fourth-order valence-electron chi connectivity index (χ4n) is 1.31. The average Bonchev–Trinajstić information content (AvgIpc) is 2.21. The van der Waals surface area contributed by atoms with Gasteiger partial charge in [0.1, 0.15) is 0 Å². The van der Waals surface area contributed by atoms with Gasteiger partial charge in [-0.15, -0.1) is 0 Å². The first-order valence-corrected chi connectivity index (χ1v) is 4.39. The first-order chi connectivity index (χ1) is 6.45. The van der Waals surface area contributed by atoms with E-state index in [4.69, 9.17) is 0 Å². The molecule has 1 nitrogen and oxygen atoms in total. The molecule has 0 spiro atoms. The Morgan fingerprint density at radius 2 is 1.57 bits per heavy atom. The Kier molecular flexibility index (Phi) is 4.51. The van der Waals surface area contributed by atoms with Gasteiger partial charge in [0, 0.05) is 38.4 Å². The van der Waals surface area contributed by atoms with Crippen LogP contribution in [0.15, 0.2) is 54.7 Å². The zero-order chi connectivity index (χ0) is 8.93. The topological polar surface area (TPSA) is 12.9 Å². The Morgan fingerprint density at radius 1 is 0.857 bits per heavy atom. The number of nitrogens with zero attached hydrogens (tertiary/aromatic N) is 1. The maximum atomic E-state index is 4.27. The molecule has 0 aliphatic carbocycles. The third-order valence-corrected chi connectivity index (χ3v) is 1.95. The fraction of sp³-hybridized carbons (Fsp3) is 0.0833. The van der Waals surface area contributed by atoms with Crippen molar-refractivity contribution in [1.29, 1.82) is 0 Å². The molecule has 0 bridgehead atoms. The van der Waals surface area contributed by atoms with Crippen LogP contribution in [0, 0.1) is 0 Å². The number of hydrogen-bond donors (Lipinski definition) is 0. The maximum absolute atomic E-state index is 4.27. The van der Waals surface area contributed by atoms with Crippen molar-refractivity contribution in [3.05, 3.63) is 66.0 Å². The first kappa shape index (κ1) is 11.1. The average molecular weight is 361 g/mol. The van der Waals surface area contributed by atoms with Crippen molar-refractivity contribution < 1.29 is 20.1 Å². The van der Waals surface area contributed by atoms with E-state index in [1.54, 1.807) is 0 Å². The van der Waals surface area contributed by atoms with Crippen LogP contribution in [0.5, 0.6) is 0 Å². The Bertz CT molecular complexity index is 321. The summed E-state index contributed by atoms with van der Waals surface area (Å²) in [6.07, 6.45) is 2.75.